The summed E-state index contributed by atoms with van der Waals surface area (Å²) in [6.07, 6.45) is 1.68. The number of likely N-dealkylation sites (N-methyl/N-ethyl adjacent to an activating group) is 1. The molecule has 0 unspecified atom stereocenters. The Kier molecular flexibility index (Phi) is 7.16. The van der Waals surface area contributed by atoms with Gasteiger partial charge in [0.1, 0.15) is 0 Å². The van der Waals surface area contributed by atoms with E-state index in [4.69, 9.17) is 19.7 Å². The summed E-state index contributed by atoms with van der Waals surface area (Å²) in [6, 6.07) is 11.0. The molecule has 2 N–H and O–H groups in total. The van der Waals surface area contributed by atoms with Crippen molar-refractivity contribution in [3.8, 4) is 11.5 Å². The lowest BCUT2D eigenvalue weighted by Crippen LogP contribution is -2.23. The number of aliphatic carboxylic acids is 1. The van der Waals surface area contributed by atoms with Crippen LogP contribution < -0.4 is 9.47 Å². The molecule has 1 heterocycles. The number of benzene rings is 2. The number of rotatable bonds is 8. The minimum atomic E-state index is -1.10. The van der Waals surface area contributed by atoms with E-state index in [1.54, 1.807) is 50.4 Å². The third-order valence-corrected chi connectivity index (χ3v) is 5.32. The fraction of sp³-hybridized carbons (Fsp3) is 0.182. The van der Waals surface area contributed by atoms with Crippen LogP contribution in [0.25, 0.3) is 6.08 Å². The molecule has 1 aliphatic heterocycles. The van der Waals surface area contributed by atoms with Crippen molar-refractivity contribution in [2.75, 3.05) is 20.3 Å². The standard InChI is InChI=1S/C22H20N2O7S/c1-3-30-17-10-13(4-9-16(17)31-12-19(25)26)11-18-20(27)24(2)22(32-18)23-15-7-5-14(6-8-15)21(28)29/h4-11H,3,12H2,1-2H3,(H,25,26)(H,28,29). The number of ether oxygens (including phenoxy) is 2. The molecule has 0 atom stereocenters. The van der Waals surface area contributed by atoms with Crippen LogP contribution in [-0.2, 0) is 9.59 Å². The highest BCUT2D eigenvalue weighted by Crippen LogP contribution is 2.35. The molecule has 166 valence electrons. The molecule has 0 spiro atoms. The van der Waals surface area contributed by atoms with Gasteiger partial charge in [0.25, 0.3) is 5.91 Å². The van der Waals surface area contributed by atoms with Gasteiger partial charge in [-0.05, 0) is 66.7 Å². The number of aliphatic imine (C=N–C) groups is 1. The summed E-state index contributed by atoms with van der Waals surface area (Å²) in [5, 5.41) is 18.3. The second kappa shape index (κ2) is 10.0. The molecule has 3 rings (SSSR count). The molecular weight excluding hydrogens is 436 g/mol. The highest BCUT2D eigenvalue weighted by atomic mass is 32.2. The molecule has 9 nitrogen and oxygen atoms in total. The molecule has 10 heteroatoms. The van der Waals surface area contributed by atoms with Gasteiger partial charge in [-0.2, -0.15) is 0 Å². The van der Waals surface area contributed by atoms with Crippen LogP contribution in [0.2, 0.25) is 0 Å². The molecule has 2 aromatic carbocycles. The van der Waals surface area contributed by atoms with Crippen LogP contribution in [0, 0.1) is 0 Å². The minimum absolute atomic E-state index is 0.152. The third-order valence-electron chi connectivity index (χ3n) is 4.26. The largest absolute Gasteiger partial charge is 0.490 e. The molecule has 1 fully saturated rings. The van der Waals surface area contributed by atoms with E-state index in [1.165, 1.54) is 28.8 Å². The van der Waals surface area contributed by atoms with Gasteiger partial charge in [-0.3, -0.25) is 9.69 Å². The summed E-state index contributed by atoms with van der Waals surface area (Å²) < 4.78 is 10.8. The fourth-order valence-corrected chi connectivity index (χ4v) is 3.72. The van der Waals surface area contributed by atoms with Crippen molar-refractivity contribution in [3.63, 3.8) is 0 Å². The van der Waals surface area contributed by atoms with Crippen molar-refractivity contribution < 1.29 is 34.1 Å². The predicted octanol–water partition coefficient (Wildman–Crippen LogP) is 3.48. The zero-order chi connectivity index (χ0) is 23.3. The lowest BCUT2D eigenvalue weighted by atomic mass is 10.2. The maximum atomic E-state index is 12.7. The van der Waals surface area contributed by atoms with Crippen LogP contribution in [0.1, 0.15) is 22.8 Å². The van der Waals surface area contributed by atoms with Crippen molar-refractivity contribution in [3.05, 3.63) is 58.5 Å². The van der Waals surface area contributed by atoms with Crippen LogP contribution in [0.5, 0.6) is 11.5 Å². The van der Waals surface area contributed by atoms with Gasteiger partial charge in [-0.1, -0.05) is 6.07 Å². The van der Waals surface area contributed by atoms with Crippen LogP contribution in [0.15, 0.2) is 52.4 Å². The second-order valence-corrected chi connectivity index (χ2v) is 7.55. The first-order chi connectivity index (χ1) is 15.3. The van der Waals surface area contributed by atoms with E-state index in [1.807, 2.05) is 0 Å². The van der Waals surface area contributed by atoms with Gasteiger partial charge in [-0.25, -0.2) is 14.6 Å². The quantitative estimate of drug-likeness (QED) is 0.578. The SMILES string of the molecule is CCOc1cc(C=C2SC(=Nc3ccc(C(=O)O)cc3)N(C)C2=O)ccc1OCC(=O)O. The Hall–Kier alpha value is -3.79. The molecule has 2 aromatic rings. The van der Waals surface area contributed by atoms with E-state index in [2.05, 4.69) is 4.99 Å². The molecule has 0 aromatic heterocycles. The Bertz CT molecular complexity index is 1110. The number of thioether (sulfide) groups is 1. The Morgan fingerprint density at radius 2 is 1.81 bits per heavy atom. The number of aromatic carboxylic acids is 1. The van der Waals surface area contributed by atoms with Crippen molar-refractivity contribution in [1.29, 1.82) is 0 Å². The number of amides is 1. The lowest BCUT2D eigenvalue weighted by molar-refractivity contribution is -0.139. The molecule has 1 aliphatic rings. The molecule has 1 saturated heterocycles. The van der Waals surface area contributed by atoms with E-state index < -0.39 is 18.5 Å². The van der Waals surface area contributed by atoms with Crippen LogP contribution in [0.4, 0.5) is 5.69 Å². The number of carboxylic acids is 2. The normalized spacial score (nSPS) is 15.9. The van der Waals surface area contributed by atoms with E-state index >= 15 is 0 Å². The number of hydrogen-bond donors (Lipinski definition) is 2. The predicted molar refractivity (Wildman–Crippen MR) is 120 cm³/mol. The number of hydrogen-bond acceptors (Lipinski definition) is 7. The second-order valence-electron chi connectivity index (χ2n) is 6.54. The summed E-state index contributed by atoms with van der Waals surface area (Å²) in [5.41, 5.74) is 1.35. The van der Waals surface area contributed by atoms with Gasteiger partial charge in [0, 0.05) is 7.05 Å². The maximum absolute atomic E-state index is 12.7. The van der Waals surface area contributed by atoms with Gasteiger partial charge >= 0.3 is 11.9 Å². The van der Waals surface area contributed by atoms with Crippen molar-refractivity contribution >= 4 is 46.5 Å². The summed E-state index contributed by atoms with van der Waals surface area (Å²) in [4.78, 5) is 40.7. The van der Waals surface area contributed by atoms with Crippen LogP contribution in [-0.4, -0.2) is 58.4 Å². The van der Waals surface area contributed by atoms with Gasteiger partial charge in [0.2, 0.25) is 0 Å². The van der Waals surface area contributed by atoms with Crippen molar-refractivity contribution in [2.24, 2.45) is 4.99 Å². The monoisotopic (exact) mass is 456 g/mol. The summed E-state index contributed by atoms with van der Waals surface area (Å²) >= 11 is 1.19. The van der Waals surface area contributed by atoms with E-state index in [-0.39, 0.29) is 11.5 Å². The number of carbonyl (C=O) groups excluding carboxylic acids is 1. The maximum Gasteiger partial charge on any atom is 0.341 e. The van der Waals surface area contributed by atoms with Gasteiger partial charge < -0.3 is 19.7 Å². The topological polar surface area (TPSA) is 126 Å². The Morgan fingerprint density at radius 3 is 2.44 bits per heavy atom. The third kappa shape index (κ3) is 5.46. The zero-order valence-corrected chi connectivity index (χ0v) is 18.1. The number of amidine groups is 1. The minimum Gasteiger partial charge on any atom is -0.490 e. The number of nitrogens with zero attached hydrogens (tertiary/aromatic N) is 2. The molecule has 32 heavy (non-hydrogen) atoms. The van der Waals surface area contributed by atoms with Crippen molar-refractivity contribution in [2.45, 2.75) is 6.92 Å². The van der Waals surface area contributed by atoms with Gasteiger partial charge in [0.15, 0.2) is 23.3 Å². The van der Waals surface area contributed by atoms with Gasteiger partial charge in [0.05, 0.1) is 22.8 Å². The Labute approximate surface area is 188 Å². The summed E-state index contributed by atoms with van der Waals surface area (Å²) in [7, 11) is 1.61. The Balaban J connectivity index is 1.83. The zero-order valence-electron chi connectivity index (χ0n) is 17.3. The smallest absolute Gasteiger partial charge is 0.341 e. The lowest BCUT2D eigenvalue weighted by Gasteiger charge is -2.11. The first kappa shape index (κ1) is 22.9. The molecule has 0 bridgehead atoms. The number of carboxylic acid groups (broad SMARTS) is 2. The Morgan fingerprint density at radius 1 is 1.09 bits per heavy atom. The molecule has 0 aliphatic carbocycles. The van der Waals surface area contributed by atoms with Gasteiger partial charge in [-0.15, -0.1) is 0 Å². The van der Waals surface area contributed by atoms with Crippen LogP contribution >= 0.6 is 11.8 Å². The van der Waals surface area contributed by atoms with E-state index in [0.717, 1.165) is 0 Å². The van der Waals surface area contributed by atoms with Crippen LogP contribution in [0.3, 0.4) is 0 Å². The molecule has 0 saturated carbocycles. The van der Waals surface area contributed by atoms with Crippen molar-refractivity contribution in [1.82, 2.24) is 4.90 Å². The first-order valence-corrected chi connectivity index (χ1v) is 10.3. The number of carbonyl (C=O) groups is 3. The first-order valence-electron chi connectivity index (χ1n) is 9.49. The highest BCUT2D eigenvalue weighted by molar-refractivity contribution is 8.18. The summed E-state index contributed by atoms with van der Waals surface area (Å²) in [6.45, 7) is 1.66. The molecular formula is C22H20N2O7S. The average molecular weight is 456 g/mol. The average Bonchev–Trinajstić information content (AvgIpc) is 3.01. The fourth-order valence-electron chi connectivity index (χ4n) is 2.73. The molecule has 1 amide bonds. The van der Waals surface area contributed by atoms with E-state index in [0.29, 0.717) is 39.4 Å². The molecule has 0 radical (unpaired) electrons. The van der Waals surface area contributed by atoms with E-state index in [9.17, 15) is 14.4 Å². The summed E-state index contributed by atoms with van der Waals surface area (Å²) in [5.74, 6) is -1.69. The highest BCUT2D eigenvalue weighted by Gasteiger charge is 2.30.